The van der Waals surface area contributed by atoms with Crippen LogP contribution in [0.1, 0.15) is 17.5 Å². The van der Waals surface area contributed by atoms with E-state index in [1.54, 1.807) is 0 Å². The zero-order chi connectivity index (χ0) is 12.6. The highest BCUT2D eigenvalue weighted by Crippen LogP contribution is 2.09. The van der Waals surface area contributed by atoms with Gasteiger partial charge in [0.1, 0.15) is 0 Å². The Morgan fingerprint density at radius 1 is 1.00 bits per heavy atom. The van der Waals surface area contributed by atoms with Crippen molar-refractivity contribution in [1.82, 2.24) is 10.4 Å². The standard InChI is InChI=1S/C15H19N3/c16-18-15(12-14-8-10-17-11-9-14)7-6-13-4-2-1-3-5-13/h1-5,8-11,15,18H,6-7,12,16H2. The summed E-state index contributed by atoms with van der Waals surface area (Å²) in [7, 11) is 0. The second-order valence-corrected chi connectivity index (χ2v) is 4.45. The van der Waals surface area contributed by atoms with Crippen molar-refractivity contribution in [3.8, 4) is 0 Å². The summed E-state index contributed by atoms with van der Waals surface area (Å²) in [5, 5.41) is 0. The fourth-order valence-corrected chi connectivity index (χ4v) is 2.03. The number of nitrogens with zero attached hydrogens (tertiary/aromatic N) is 1. The lowest BCUT2D eigenvalue weighted by atomic mass is 10.0. The molecule has 2 aromatic rings. The summed E-state index contributed by atoms with van der Waals surface area (Å²) in [6.07, 6.45) is 6.65. The van der Waals surface area contributed by atoms with Gasteiger partial charge in [0.15, 0.2) is 0 Å². The Labute approximate surface area is 108 Å². The quantitative estimate of drug-likeness (QED) is 0.601. The van der Waals surface area contributed by atoms with Gasteiger partial charge in [-0.05, 0) is 42.5 Å². The monoisotopic (exact) mass is 241 g/mol. The third kappa shape index (κ3) is 3.95. The lowest BCUT2D eigenvalue weighted by Crippen LogP contribution is -2.37. The minimum absolute atomic E-state index is 0.299. The van der Waals surface area contributed by atoms with E-state index >= 15 is 0 Å². The van der Waals surface area contributed by atoms with E-state index in [1.165, 1.54) is 11.1 Å². The Bertz CT molecular complexity index is 442. The second kappa shape index (κ2) is 6.89. The highest BCUT2D eigenvalue weighted by Gasteiger charge is 2.07. The Balaban J connectivity index is 1.86. The van der Waals surface area contributed by atoms with Crippen molar-refractivity contribution in [2.75, 3.05) is 0 Å². The SMILES string of the molecule is NNC(CCc1ccccc1)Cc1ccncc1. The van der Waals surface area contributed by atoms with E-state index < -0.39 is 0 Å². The van der Waals surface area contributed by atoms with Crippen molar-refractivity contribution in [1.29, 1.82) is 0 Å². The lowest BCUT2D eigenvalue weighted by molar-refractivity contribution is 0.491. The molecule has 2 rings (SSSR count). The first-order chi connectivity index (χ1) is 8.88. The van der Waals surface area contributed by atoms with E-state index in [9.17, 15) is 0 Å². The van der Waals surface area contributed by atoms with Crippen LogP contribution in [0.4, 0.5) is 0 Å². The topological polar surface area (TPSA) is 50.9 Å². The molecule has 1 unspecified atom stereocenters. The Morgan fingerprint density at radius 2 is 1.72 bits per heavy atom. The molecular weight excluding hydrogens is 222 g/mol. The minimum Gasteiger partial charge on any atom is -0.271 e. The number of nitrogens with one attached hydrogen (secondary N) is 1. The van der Waals surface area contributed by atoms with E-state index in [1.807, 2.05) is 30.6 Å². The van der Waals surface area contributed by atoms with Gasteiger partial charge >= 0.3 is 0 Å². The van der Waals surface area contributed by atoms with E-state index in [-0.39, 0.29) is 0 Å². The van der Waals surface area contributed by atoms with Crippen LogP contribution in [0.25, 0.3) is 0 Å². The summed E-state index contributed by atoms with van der Waals surface area (Å²) in [6.45, 7) is 0. The Kier molecular flexibility index (Phi) is 4.88. The highest BCUT2D eigenvalue weighted by molar-refractivity contribution is 5.15. The molecule has 3 nitrogen and oxygen atoms in total. The summed E-state index contributed by atoms with van der Waals surface area (Å²) in [5.74, 6) is 5.62. The van der Waals surface area contributed by atoms with Gasteiger partial charge in [0.25, 0.3) is 0 Å². The van der Waals surface area contributed by atoms with Crippen LogP contribution in [0.2, 0.25) is 0 Å². The highest BCUT2D eigenvalue weighted by atomic mass is 15.2. The van der Waals surface area contributed by atoms with Crippen molar-refractivity contribution in [2.45, 2.75) is 25.3 Å². The Morgan fingerprint density at radius 3 is 2.39 bits per heavy atom. The van der Waals surface area contributed by atoms with Crippen molar-refractivity contribution in [2.24, 2.45) is 5.84 Å². The molecule has 0 fully saturated rings. The van der Waals surface area contributed by atoms with Crippen LogP contribution in [-0.4, -0.2) is 11.0 Å². The van der Waals surface area contributed by atoms with E-state index in [0.717, 1.165) is 19.3 Å². The third-order valence-electron chi connectivity index (χ3n) is 3.09. The maximum atomic E-state index is 5.62. The maximum Gasteiger partial charge on any atom is 0.0270 e. The number of aromatic nitrogens is 1. The molecule has 0 saturated heterocycles. The average Bonchev–Trinajstić information content (AvgIpc) is 2.45. The molecule has 0 radical (unpaired) electrons. The first-order valence-corrected chi connectivity index (χ1v) is 6.27. The molecule has 0 aliphatic carbocycles. The molecule has 18 heavy (non-hydrogen) atoms. The predicted molar refractivity (Wildman–Crippen MR) is 73.8 cm³/mol. The number of hydrazine groups is 1. The number of nitrogens with two attached hydrogens (primary N) is 1. The summed E-state index contributed by atoms with van der Waals surface area (Å²) >= 11 is 0. The molecule has 0 bridgehead atoms. The van der Waals surface area contributed by atoms with Gasteiger partial charge in [-0.3, -0.25) is 16.3 Å². The molecule has 0 amide bonds. The lowest BCUT2D eigenvalue weighted by Gasteiger charge is -2.15. The molecule has 1 heterocycles. The fraction of sp³-hybridized carbons (Fsp3) is 0.267. The average molecular weight is 241 g/mol. The Hall–Kier alpha value is -1.71. The van der Waals surface area contributed by atoms with Gasteiger partial charge in [-0.1, -0.05) is 30.3 Å². The number of aryl methyl sites for hydroxylation is 1. The van der Waals surface area contributed by atoms with Crippen LogP contribution < -0.4 is 11.3 Å². The van der Waals surface area contributed by atoms with Crippen LogP contribution in [0.15, 0.2) is 54.9 Å². The van der Waals surface area contributed by atoms with E-state index in [0.29, 0.717) is 6.04 Å². The molecule has 0 saturated carbocycles. The fourth-order valence-electron chi connectivity index (χ4n) is 2.03. The zero-order valence-corrected chi connectivity index (χ0v) is 10.4. The number of hydrogen-bond acceptors (Lipinski definition) is 3. The second-order valence-electron chi connectivity index (χ2n) is 4.45. The normalized spacial score (nSPS) is 12.3. The zero-order valence-electron chi connectivity index (χ0n) is 10.4. The summed E-state index contributed by atoms with van der Waals surface area (Å²) in [6, 6.07) is 14.9. The van der Waals surface area contributed by atoms with Gasteiger partial charge in [0, 0.05) is 18.4 Å². The summed E-state index contributed by atoms with van der Waals surface area (Å²) < 4.78 is 0. The van der Waals surface area contributed by atoms with Gasteiger partial charge in [0.2, 0.25) is 0 Å². The minimum atomic E-state index is 0.299. The van der Waals surface area contributed by atoms with Gasteiger partial charge < -0.3 is 0 Å². The van der Waals surface area contributed by atoms with Crippen LogP contribution in [0.5, 0.6) is 0 Å². The van der Waals surface area contributed by atoms with Crippen LogP contribution in [0.3, 0.4) is 0 Å². The third-order valence-corrected chi connectivity index (χ3v) is 3.09. The molecule has 0 spiro atoms. The molecule has 1 aromatic carbocycles. The number of rotatable bonds is 6. The maximum absolute atomic E-state index is 5.62. The molecule has 0 aliphatic rings. The smallest absolute Gasteiger partial charge is 0.0270 e. The molecule has 3 heteroatoms. The first kappa shape index (κ1) is 12.7. The summed E-state index contributed by atoms with van der Waals surface area (Å²) in [5.41, 5.74) is 5.52. The van der Waals surface area contributed by atoms with Crippen LogP contribution >= 0.6 is 0 Å². The van der Waals surface area contributed by atoms with Crippen molar-refractivity contribution in [3.63, 3.8) is 0 Å². The van der Waals surface area contributed by atoms with E-state index in [2.05, 4.69) is 34.7 Å². The van der Waals surface area contributed by atoms with Gasteiger partial charge in [0.05, 0.1) is 0 Å². The molecule has 1 aromatic heterocycles. The number of benzene rings is 1. The van der Waals surface area contributed by atoms with Gasteiger partial charge in [-0.2, -0.15) is 0 Å². The largest absolute Gasteiger partial charge is 0.271 e. The number of pyridine rings is 1. The van der Waals surface area contributed by atoms with Crippen LogP contribution in [0, 0.1) is 0 Å². The van der Waals surface area contributed by atoms with Gasteiger partial charge in [-0.25, -0.2) is 0 Å². The van der Waals surface area contributed by atoms with Crippen molar-refractivity contribution in [3.05, 3.63) is 66.0 Å². The molecular formula is C15H19N3. The first-order valence-electron chi connectivity index (χ1n) is 6.27. The van der Waals surface area contributed by atoms with Crippen LogP contribution in [-0.2, 0) is 12.8 Å². The molecule has 0 aliphatic heterocycles. The predicted octanol–water partition coefficient (Wildman–Crippen LogP) is 2.09. The van der Waals surface area contributed by atoms with Crippen molar-refractivity contribution < 1.29 is 0 Å². The molecule has 3 N–H and O–H groups in total. The molecule has 94 valence electrons. The summed E-state index contributed by atoms with van der Waals surface area (Å²) in [4.78, 5) is 4.02. The van der Waals surface area contributed by atoms with E-state index in [4.69, 9.17) is 5.84 Å². The van der Waals surface area contributed by atoms with Gasteiger partial charge in [-0.15, -0.1) is 0 Å². The molecule has 1 atom stereocenters. The number of hydrogen-bond donors (Lipinski definition) is 2. The van der Waals surface area contributed by atoms with Crippen molar-refractivity contribution >= 4 is 0 Å².